The van der Waals surface area contributed by atoms with Crippen molar-refractivity contribution in [3.8, 4) is 0 Å². The monoisotopic (exact) mass is 341 g/mol. The minimum absolute atomic E-state index is 0.165. The van der Waals surface area contributed by atoms with E-state index in [2.05, 4.69) is 15.4 Å². The first kappa shape index (κ1) is 16.7. The molecule has 130 valence electrons. The number of anilines is 1. The van der Waals surface area contributed by atoms with Crippen molar-refractivity contribution in [3.63, 3.8) is 0 Å². The molecule has 25 heavy (non-hydrogen) atoms. The van der Waals surface area contributed by atoms with Crippen LogP contribution in [0, 0.1) is 0 Å². The topological polar surface area (TPSA) is 91.0 Å². The van der Waals surface area contributed by atoms with Crippen molar-refractivity contribution < 1.29 is 14.3 Å². The van der Waals surface area contributed by atoms with Crippen molar-refractivity contribution in [1.29, 1.82) is 0 Å². The molecule has 0 saturated heterocycles. The zero-order valence-corrected chi connectivity index (χ0v) is 14.1. The van der Waals surface area contributed by atoms with Crippen LogP contribution in [0.2, 0.25) is 0 Å². The van der Waals surface area contributed by atoms with Gasteiger partial charge in [0.15, 0.2) is 5.69 Å². The van der Waals surface area contributed by atoms with Gasteiger partial charge in [-0.05, 0) is 12.5 Å². The van der Waals surface area contributed by atoms with E-state index in [4.69, 9.17) is 4.74 Å². The Labute approximate surface area is 144 Å². The van der Waals surface area contributed by atoms with Crippen LogP contribution in [0.3, 0.4) is 0 Å². The maximum atomic E-state index is 12.3. The van der Waals surface area contributed by atoms with Crippen LogP contribution in [-0.2, 0) is 23.1 Å². The Kier molecular flexibility index (Phi) is 4.78. The van der Waals surface area contributed by atoms with Crippen LogP contribution < -0.4 is 5.32 Å². The molecule has 0 fully saturated rings. The maximum absolute atomic E-state index is 12.3. The van der Waals surface area contributed by atoms with E-state index in [-0.39, 0.29) is 5.91 Å². The van der Waals surface area contributed by atoms with Crippen LogP contribution in [0.25, 0.3) is 10.9 Å². The van der Waals surface area contributed by atoms with Gasteiger partial charge in [-0.3, -0.25) is 9.48 Å². The number of ether oxygens (including phenoxy) is 1. The first-order valence-electron chi connectivity index (χ1n) is 7.89. The molecule has 0 aliphatic carbocycles. The van der Waals surface area contributed by atoms with Gasteiger partial charge in [0.1, 0.15) is 12.7 Å². The maximum Gasteiger partial charge on any atom is 0.356 e. The van der Waals surface area contributed by atoms with E-state index in [1.54, 1.807) is 22.6 Å². The van der Waals surface area contributed by atoms with Crippen molar-refractivity contribution in [2.75, 3.05) is 12.4 Å². The van der Waals surface area contributed by atoms with E-state index in [1.165, 1.54) is 13.4 Å². The Morgan fingerprint density at radius 1 is 1.28 bits per heavy atom. The molecule has 0 aliphatic heterocycles. The van der Waals surface area contributed by atoms with Gasteiger partial charge in [-0.15, -0.1) is 0 Å². The van der Waals surface area contributed by atoms with Crippen molar-refractivity contribution in [1.82, 2.24) is 19.3 Å². The number of carbonyl (C=O) groups is 2. The highest BCUT2D eigenvalue weighted by atomic mass is 16.5. The molecule has 0 unspecified atom stereocenters. The number of amides is 1. The Bertz CT molecular complexity index is 899. The highest BCUT2D eigenvalue weighted by Gasteiger charge is 2.22. The van der Waals surface area contributed by atoms with Crippen molar-refractivity contribution >= 4 is 28.5 Å². The fourth-order valence-electron chi connectivity index (χ4n) is 2.81. The Morgan fingerprint density at radius 3 is 2.80 bits per heavy atom. The third kappa shape index (κ3) is 3.37. The third-order valence-corrected chi connectivity index (χ3v) is 4.01. The second-order valence-corrected chi connectivity index (χ2v) is 5.60. The Hall–Kier alpha value is -3.16. The average Bonchev–Trinajstić information content (AvgIpc) is 3.22. The minimum Gasteiger partial charge on any atom is -0.464 e. The molecule has 8 nitrogen and oxygen atoms in total. The molecule has 2 aromatic heterocycles. The van der Waals surface area contributed by atoms with E-state index in [1.807, 2.05) is 24.3 Å². The lowest BCUT2D eigenvalue weighted by Crippen LogP contribution is -2.16. The summed E-state index contributed by atoms with van der Waals surface area (Å²) in [6.07, 6.45) is 3.99. The number of fused-ring (bicyclic) bond motifs is 1. The summed E-state index contributed by atoms with van der Waals surface area (Å²) in [6, 6.07) is 7.51. The molecule has 1 aromatic carbocycles. The molecule has 3 aromatic rings. The van der Waals surface area contributed by atoms with Crippen molar-refractivity contribution in [3.05, 3.63) is 42.6 Å². The van der Waals surface area contributed by atoms with Gasteiger partial charge in [0, 0.05) is 25.4 Å². The van der Waals surface area contributed by atoms with Gasteiger partial charge in [-0.25, -0.2) is 9.78 Å². The smallest absolute Gasteiger partial charge is 0.356 e. The van der Waals surface area contributed by atoms with E-state index in [0.717, 1.165) is 10.9 Å². The Morgan fingerprint density at radius 2 is 2.08 bits per heavy atom. The number of rotatable bonds is 6. The van der Waals surface area contributed by atoms with Crippen LogP contribution in [0.5, 0.6) is 0 Å². The molecular formula is C17H19N5O3. The quantitative estimate of drug-likeness (QED) is 0.692. The lowest BCUT2D eigenvalue weighted by Gasteiger charge is -2.08. The van der Waals surface area contributed by atoms with Crippen LogP contribution in [0.15, 0.2) is 36.9 Å². The number of esters is 1. The largest absolute Gasteiger partial charge is 0.464 e. The highest BCUT2D eigenvalue weighted by molar-refractivity contribution is 6.11. The van der Waals surface area contributed by atoms with Gasteiger partial charge in [0.2, 0.25) is 5.91 Å². The van der Waals surface area contributed by atoms with Crippen molar-refractivity contribution in [2.45, 2.75) is 19.4 Å². The predicted molar refractivity (Wildman–Crippen MR) is 92.1 cm³/mol. The number of carbonyl (C=O) groups excluding carboxylic acids is 2. The van der Waals surface area contributed by atoms with E-state index in [0.29, 0.717) is 30.8 Å². The zero-order valence-electron chi connectivity index (χ0n) is 14.1. The van der Waals surface area contributed by atoms with E-state index >= 15 is 0 Å². The summed E-state index contributed by atoms with van der Waals surface area (Å²) in [6.45, 7) is 0.604. The highest BCUT2D eigenvalue weighted by Crippen LogP contribution is 2.31. The van der Waals surface area contributed by atoms with Gasteiger partial charge in [-0.2, -0.15) is 5.10 Å². The zero-order chi connectivity index (χ0) is 17.8. The molecule has 3 rings (SSSR count). The van der Waals surface area contributed by atoms with E-state index < -0.39 is 5.97 Å². The van der Waals surface area contributed by atoms with Crippen LogP contribution in [0.1, 0.15) is 23.3 Å². The summed E-state index contributed by atoms with van der Waals surface area (Å²) < 4.78 is 8.27. The lowest BCUT2D eigenvalue weighted by molar-refractivity contribution is -0.116. The molecule has 0 saturated carbocycles. The second kappa shape index (κ2) is 7.16. The number of aromatic nitrogens is 4. The minimum atomic E-state index is -0.489. The molecule has 0 spiro atoms. The number of nitrogens with zero attached hydrogens (tertiary/aromatic N) is 4. The van der Waals surface area contributed by atoms with Crippen LogP contribution in [-0.4, -0.2) is 38.3 Å². The fraction of sp³-hybridized carbons (Fsp3) is 0.294. The van der Waals surface area contributed by atoms with Gasteiger partial charge in [0.05, 0.1) is 18.3 Å². The Balaban J connectivity index is 1.79. The number of aryl methyl sites for hydroxylation is 2. The number of hydrogen-bond donors (Lipinski definition) is 1. The summed E-state index contributed by atoms with van der Waals surface area (Å²) in [5, 5.41) is 7.66. The molecule has 8 heteroatoms. The number of nitrogens with one attached hydrogen (secondary N) is 1. The normalized spacial score (nSPS) is 10.8. The average molecular weight is 341 g/mol. The summed E-state index contributed by atoms with van der Waals surface area (Å²) in [7, 11) is 3.10. The van der Waals surface area contributed by atoms with Gasteiger partial charge < -0.3 is 14.6 Å². The number of para-hydroxylation sites is 1. The number of benzene rings is 1. The molecule has 1 N–H and O–H groups in total. The van der Waals surface area contributed by atoms with Gasteiger partial charge in [-0.1, -0.05) is 18.2 Å². The SMILES string of the molecule is COC(=O)c1c(NC(=O)CCCn2cncn2)c2ccccc2n1C. The van der Waals surface area contributed by atoms with Gasteiger partial charge >= 0.3 is 5.97 Å². The number of hydrogen-bond acceptors (Lipinski definition) is 5. The van der Waals surface area contributed by atoms with Crippen LogP contribution >= 0.6 is 0 Å². The molecule has 2 heterocycles. The van der Waals surface area contributed by atoms with Crippen LogP contribution in [0.4, 0.5) is 5.69 Å². The van der Waals surface area contributed by atoms with E-state index in [9.17, 15) is 9.59 Å². The molecule has 0 atom stereocenters. The van der Waals surface area contributed by atoms with Gasteiger partial charge in [0.25, 0.3) is 0 Å². The summed E-state index contributed by atoms with van der Waals surface area (Å²) in [4.78, 5) is 28.4. The molecular weight excluding hydrogens is 322 g/mol. The summed E-state index contributed by atoms with van der Waals surface area (Å²) >= 11 is 0. The van der Waals surface area contributed by atoms with Crippen molar-refractivity contribution in [2.24, 2.45) is 7.05 Å². The first-order valence-corrected chi connectivity index (χ1v) is 7.89. The fourth-order valence-corrected chi connectivity index (χ4v) is 2.81. The molecule has 0 radical (unpaired) electrons. The third-order valence-electron chi connectivity index (χ3n) is 4.01. The second-order valence-electron chi connectivity index (χ2n) is 5.60. The standard InChI is InChI=1S/C17H19N5O3/c1-21-13-7-4-3-6-12(13)15(16(21)17(24)25-2)20-14(23)8-5-9-22-11-18-10-19-22/h3-4,6-7,10-11H,5,8-9H2,1-2H3,(H,20,23). The molecule has 1 amide bonds. The summed E-state index contributed by atoms with van der Waals surface area (Å²) in [5.41, 5.74) is 1.66. The summed E-state index contributed by atoms with van der Waals surface area (Å²) in [5.74, 6) is -0.654. The lowest BCUT2D eigenvalue weighted by atomic mass is 10.2. The molecule has 0 bridgehead atoms. The molecule has 0 aliphatic rings. The first-order chi connectivity index (χ1) is 12.1. The number of methoxy groups -OCH3 is 1. The predicted octanol–water partition coefficient (Wildman–Crippen LogP) is 1.98.